The normalized spacial score (nSPS) is 15.2. The van der Waals surface area contributed by atoms with Gasteiger partial charge in [-0.2, -0.15) is 0 Å². The highest BCUT2D eigenvalue weighted by atomic mass is 35.5. The first-order chi connectivity index (χ1) is 8.67. The average Bonchev–Trinajstić information content (AvgIpc) is 2.19. The second-order valence-electron chi connectivity index (χ2n) is 5.00. The van der Waals surface area contributed by atoms with Gasteiger partial charge < -0.3 is 5.32 Å². The zero-order valence-corrected chi connectivity index (χ0v) is 13.6. The van der Waals surface area contributed by atoms with Crippen LogP contribution >= 0.6 is 23.2 Å². The van der Waals surface area contributed by atoms with E-state index in [9.17, 15) is 8.42 Å². The summed E-state index contributed by atoms with van der Waals surface area (Å²) < 4.78 is 22.4. The molecule has 0 bridgehead atoms. The van der Waals surface area contributed by atoms with Crippen molar-refractivity contribution in [1.29, 1.82) is 0 Å². The quantitative estimate of drug-likeness (QED) is 0.875. The lowest BCUT2D eigenvalue weighted by atomic mass is 10.1. The van der Waals surface area contributed by atoms with Gasteiger partial charge in [-0.05, 0) is 38.0 Å². The maximum Gasteiger partial charge on any atom is 0.148 e. The number of hydrogen-bond acceptors (Lipinski definition) is 3. The van der Waals surface area contributed by atoms with Gasteiger partial charge in [0.1, 0.15) is 9.84 Å². The Morgan fingerprint density at radius 2 is 1.84 bits per heavy atom. The fourth-order valence-corrected chi connectivity index (χ4v) is 3.55. The van der Waals surface area contributed by atoms with Crippen LogP contribution in [0.15, 0.2) is 18.2 Å². The van der Waals surface area contributed by atoms with Crippen molar-refractivity contribution in [3.63, 3.8) is 0 Å². The van der Waals surface area contributed by atoms with Gasteiger partial charge >= 0.3 is 0 Å². The Morgan fingerprint density at radius 3 is 2.37 bits per heavy atom. The predicted octanol–water partition coefficient (Wildman–Crippen LogP) is 2.95. The standard InChI is InChI=1S/C13H19Cl2NO2S/c1-9(16-10(2)8-19(3,17)18)6-11-4-5-12(14)7-13(11)15/h4-5,7,9-10,16H,6,8H2,1-3H3/t9-,10+/m0/s1. The molecule has 1 aromatic carbocycles. The van der Waals surface area contributed by atoms with Crippen LogP contribution in [0.5, 0.6) is 0 Å². The lowest BCUT2D eigenvalue weighted by Gasteiger charge is -2.20. The van der Waals surface area contributed by atoms with Crippen molar-refractivity contribution in [1.82, 2.24) is 5.32 Å². The number of nitrogens with one attached hydrogen (secondary N) is 1. The zero-order chi connectivity index (χ0) is 14.6. The van der Waals surface area contributed by atoms with Gasteiger partial charge in [0.05, 0.1) is 5.75 Å². The van der Waals surface area contributed by atoms with Crippen LogP contribution in [0, 0.1) is 0 Å². The van der Waals surface area contributed by atoms with Crippen LogP contribution in [0.2, 0.25) is 10.0 Å². The Hall–Kier alpha value is -0.290. The summed E-state index contributed by atoms with van der Waals surface area (Å²) in [5.74, 6) is 0.131. The summed E-state index contributed by atoms with van der Waals surface area (Å²) in [7, 11) is -2.96. The molecule has 2 atom stereocenters. The van der Waals surface area contributed by atoms with E-state index in [0.29, 0.717) is 10.0 Å². The molecule has 6 heteroatoms. The molecule has 0 spiro atoms. The molecular formula is C13H19Cl2NO2S. The van der Waals surface area contributed by atoms with Crippen molar-refractivity contribution in [2.45, 2.75) is 32.4 Å². The third-order valence-electron chi connectivity index (χ3n) is 2.66. The largest absolute Gasteiger partial charge is 0.310 e. The van der Waals surface area contributed by atoms with E-state index in [1.54, 1.807) is 12.1 Å². The number of sulfone groups is 1. The summed E-state index contributed by atoms with van der Waals surface area (Å²) in [6.45, 7) is 3.87. The first kappa shape index (κ1) is 16.8. The van der Waals surface area contributed by atoms with E-state index in [1.165, 1.54) is 6.26 Å². The van der Waals surface area contributed by atoms with Gasteiger partial charge in [0.25, 0.3) is 0 Å². The molecule has 1 rings (SSSR count). The molecular weight excluding hydrogens is 305 g/mol. The zero-order valence-electron chi connectivity index (χ0n) is 11.3. The summed E-state index contributed by atoms with van der Waals surface area (Å²) in [5.41, 5.74) is 0.998. The smallest absolute Gasteiger partial charge is 0.148 e. The minimum atomic E-state index is -2.96. The molecule has 0 amide bonds. The van der Waals surface area contributed by atoms with Crippen molar-refractivity contribution in [3.8, 4) is 0 Å². The Kier molecular flexibility index (Phi) is 6.12. The van der Waals surface area contributed by atoms with Crippen LogP contribution in [-0.2, 0) is 16.3 Å². The lowest BCUT2D eigenvalue weighted by molar-refractivity contribution is 0.484. The molecule has 108 valence electrons. The fourth-order valence-electron chi connectivity index (χ4n) is 2.06. The van der Waals surface area contributed by atoms with Crippen molar-refractivity contribution >= 4 is 33.0 Å². The molecule has 0 saturated heterocycles. The maximum atomic E-state index is 11.2. The molecule has 19 heavy (non-hydrogen) atoms. The highest BCUT2D eigenvalue weighted by Gasteiger charge is 2.14. The van der Waals surface area contributed by atoms with Crippen LogP contribution in [0.1, 0.15) is 19.4 Å². The Bertz CT molecular complexity index is 531. The summed E-state index contributed by atoms with van der Waals surface area (Å²) in [4.78, 5) is 0. The molecule has 3 nitrogen and oxygen atoms in total. The van der Waals surface area contributed by atoms with E-state index in [-0.39, 0.29) is 17.8 Å². The van der Waals surface area contributed by atoms with E-state index >= 15 is 0 Å². The number of hydrogen-bond donors (Lipinski definition) is 1. The molecule has 1 aromatic rings. The minimum absolute atomic E-state index is 0.0870. The van der Waals surface area contributed by atoms with Gasteiger partial charge in [-0.3, -0.25) is 0 Å². The van der Waals surface area contributed by atoms with Crippen molar-refractivity contribution in [2.24, 2.45) is 0 Å². The second kappa shape index (κ2) is 6.93. The Labute approximate surface area is 125 Å². The molecule has 0 heterocycles. The van der Waals surface area contributed by atoms with Crippen LogP contribution in [-0.4, -0.2) is 32.5 Å². The number of benzene rings is 1. The molecule has 1 N–H and O–H groups in total. The molecule has 0 aliphatic carbocycles. The lowest BCUT2D eigenvalue weighted by Crippen LogP contribution is -2.39. The average molecular weight is 324 g/mol. The minimum Gasteiger partial charge on any atom is -0.310 e. The van der Waals surface area contributed by atoms with Gasteiger partial charge in [-0.1, -0.05) is 29.3 Å². The van der Waals surface area contributed by atoms with Gasteiger partial charge in [-0.25, -0.2) is 8.42 Å². The van der Waals surface area contributed by atoms with Gasteiger partial charge in [0, 0.05) is 28.4 Å². The van der Waals surface area contributed by atoms with Crippen LogP contribution in [0.3, 0.4) is 0 Å². The molecule has 0 aliphatic rings. The highest BCUT2D eigenvalue weighted by molar-refractivity contribution is 7.90. The van der Waals surface area contributed by atoms with Gasteiger partial charge in [-0.15, -0.1) is 0 Å². The van der Waals surface area contributed by atoms with Crippen molar-refractivity contribution in [3.05, 3.63) is 33.8 Å². The van der Waals surface area contributed by atoms with Gasteiger partial charge in [0.15, 0.2) is 0 Å². The molecule has 0 unspecified atom stereocenters. The molecule has 0 fully saturated rings. The maximum absolute atomic E-state index is 11.2. The van der Waals surface area contributed by atoms with E-state index in [2.05, 4.69) is 5.32 Å². The third-order valence-corrected chi connectivity index (χ3v) is 4.36. The molecule has 0 saturated carbocycles. The van der Waals surface area contributed by atoms with Crippen LogP contribution in [0.4, 0.5) is 0 Å². The van der Waals surface area contributed by atoms with E-state index in [1.807, 2.05) is 19.9 Å². The summed E-state index contributed by atoms with van der Waals surface area (Å²) >= 11 is 12.0. The predicted molar refractivity (Wildman–Crippen MR) is 81.9 cm³/mol. The van der Waals surface area contributed by atoms with Gasteiger partial charge in [0.2, 0.25) is 0 Å². The summed E-state index contributed by atoms with van der Waals surface area (Å²) in [5, 5.41) is 4.50. The fraction of sp³-hybridized carbons (Fsp3) is 0.538. The summed E-state index contributed by atoms with van der Waals surface area (Å²) in [6, 6.07) is 5.46. The number of halogens is 2. The Morgan fingerprint density at radius 1 is 1.21 bits per heavy atom. The molecule has 0 aliphatic heterocycles. The van der Waals surface area contributed by atoms with E-state index < -0.39 is 9.84 Å². The highest BCUT2D eigenvalue weighted by Crippen LogP contribution is 2.22. The van der Waals surface area contributed by atoms with Crippen LogP contribution < -0.4 is 5.32 Å². The second-order valence-corrected chi connectivity index (χ2v) is 8.03. The first-order valence-electron chi connectivity index (χ1n) is 6.05. The third kappa shape index (κ3) is 6.61. The Balaban J connectivity index is 2.57. The van der Waals surface area contributed by atoms with E-state index in [0.717, 1.165) is 12.0 Å². The number of rotatable bonds is 6. The van der Waals surface area contributed by atoms with Crippen LogP contribution in [0.25, 0.3) is 0 Å². The molecule has 0 radical (unpaired) electrons. The monoisotopic (exact) mass is 323 g/mol. The topological polar surface area (TPSA) is 46.2 Å². The van der Waals surface area contributed by atoms with Crippen molar-refractivity contribution in [2.75, 3.05) is 12.0 Å². The van der Waals surface area contributed by atoms with E-state index in [4.69, 9.17) is 23.2 Å². The van der Waals surface area contributed by atoms with Crippen molar-refractivity contribution < 1.29 is 8.42 Å². The first-order valence-corrected chi connectivity index (χ1v) is 8.86. The summed E-state index contributed by atoms with van der Waals surface area (Å²) in [6.07, 6.45) is 1.97. The SMILES string of the molecule is C[C@H](CS(C)(=O)=O)N[C@@H](C)Cc1ccc(Cl)cc1Cl. The molecule has 0 aromatic heterocycles.